The van der Waals surface area contributed by atoms with Gasteiger partial charge in [0.15, 0.2) is 0 Å². The van der Waals surface area contributed by atoms with E-state index in [0.717, 1.165) is 43.7 Å². The molecule has 2 heterocycles. The number of rotatable bonds is 9. The van der Waals surface area contributed by atoms with Crippen molar-refractivity contribution in [1.29, 1.82) is 0 Å². The van der Waals surface area contributed by atoms with E-state index in [-0.39, 0.29) is 17.4 Å². The molecule has 30 heavy (non-hydrogen) atoms. The van der Waals surface area contributed by atoms with Crippen molar-refractivity contribution in [2.24, 2.45) is 5.92 Å². The van der Waals surface area contributed by atoms with Gasteiger partial charge in [0, 0.05) is 38.9 Å². The zero-order chi connectivity index (χ0) is 21.3. The Hall–Kier alpha value is -2.67. The molecule has 0 bridgehead atoms. The third kappa shape index (κ3) is 5.69. The highest BCUT2D eigenvalue weighted by atomic mass is 16.5. The Kier molecular flexibility index (Phi) is 8.02. The van der Waals surface area contributed by atoms with E-state index in [1.807, 2.05) is 31.2 Å². The summed E-state index contributed by atoms with van der Waals surface area (Å²) in [5.74, 6) is 0.736. The number of aryl methyl sites for hydroxylation is 1. The highest BCUT2D eigenvalue weighted by Gasteiger charge is 2.26. The summed E-state index contributed by atoms with van der Waals surface area (Å²) in [4.78, 5) is 27.0. The number of benzene rings is 1. The van der Waals surface area contributed by atoms with E-state index in [0.29, 0.717) is 26.3 Å². The summed E-state index contributed by atoms with van der Waals surface area (Å²) < 4.78 is 6.75. The molecule has 1 aliphatic rings. The maximum Gasteiger partial charge on any atom is 0.271 e. The number of nitrogens with zero attached hydrogens (tertiary/aromatic N) is 3. The van der Waals surface area contributed by atoms with Gasteiger partial charge in [-0.2, -0.15) is 4.68 Å². The van der Waals surface area contributed by atoms with Gasteiger partial charge in [-0.25, -0.2) is 0 Å². The molecular weight excluding hydrogens is 380 g/mol. The molecule has 2 aromatic rings. The van der Waals surface area contributed by atoms with Crippen molar-refractivity contribution in [3.8, 4) is 5.69 Å². The summed E-state index contributed by atoms with van der Waals surface area (Å²) in [6.45, 7) is 7.49. The maximum absolute atomic E-state index is 12.6. The van der Waals surface area contributed by atoms with E-state index in [1.54, 1.807) is 12.1 Å². The monoisotopic (exact) mass is 412 g/mol. The molecule has 1 aromatic carbocycles. The molecule has 0 spiro atoms. The summed E-state index contributed by atoms with van der Waals surface area (Å²) >= 11 is 0. The van der Waals surface area contributed by atoms with Crippen molar-refractivity contribution in [1.82, 2.24) is 15.1 Å². The lowest BCUT2D eigenvalue weighted by molar-refractivity contribution is -0.125. The minimum Gasteiger partial charge on any atom is -0.382 e. The Morgan fingerprint density at radius 3 is 2.73 bits per heavy atom. The predicted octanol–water partition coefficient (Wildman–Crippen LogP) is 2.55. The van der Waals surface area contributed by atoms with Gasteiger partial charge in [0.1, 0.15) is 5.82 Å². The van der Waals surface area contributed by atoms with Crippen LogP contribution in [-0.4, -0.2) is 48.5 Å². The van der Waals surface area contributed by atoms with Crippen LogP contribution < -0.4 is 15.8 Å². The van der Waals surface area contributed by atoms with Crippen LogP contribution >= 0.6 is 0 Å². The van der Waals surface area contributed by atoms with Gasteiger partial charge in [-0.1, -0.05) is 19.1 Å². The second kappa shape index (κ2) is 10.9. The summed E-state index contributed by atoms with van der Waals surface area (Å²) in [5.41, 5.74) is 1.80. The normalized spacial score (nSPS) is 16.5. The van der Waals surface area contributed by atoms with Gasteiger partial charge in [0.05, 0.1) is 11.6 Å². The van der Waals surface area contributed by atoms with Crippen LogP contribution in [0.3, 0.4) is 0 Å². The first-order chi connectivity index (χ1) is 14.6. The van der Waals surface area contributed by atoms with Crippen LogP contribution in [0.2, 0.25) is 0 Å². The number of carbonyl (C=O) groups excluding carboxylic acids is 1. The van der Waals surface area contributed by atoms with E-state index >= 15 is 0 Å². The van der Waals surface area contributed by atoms with Crippen molar-refractivity contribution < 1.29 is 9.53 Å². The number of piperidine rings is 1. The predicted molar refractivity (Wildman–Crippen MR) is 118 cm³/mol. The molecule has 1 N–H and O–H groups in total. The molecule has 1 aliphatic heterocycles. The third-order valence-corrected chi connectivity index (χ3v) is 5.46. The van der Waals surface area contributed by atoms with Crippen molar-refractivity contribution in [2.45, 2.75) is 39.5 Å². The Morgan fingerprint density at radius 1 is 1.20 bits per heavy atom. The molecule has 0 saturated carbocycles. The van der Waals surface area contributed by atoms with E-state index in [2.05, 4.69) is 22.2 Å². The van der Waals surface area contributed by atoms with Gasteiger partial charge in [-0.15, -0.1) is 5.10 Å². The first kappa shape index (κ1) is 22.0. The second-order valence-corrected chi connectivity index (χ2v) is 7.59. The van der Waals surface area contributed by atoms with Crippen LogP contribution in [0.1, 0.15) is 38.7 Å². The Labute approximate surface area is 178 Å². The Balaban J connectivity index is 1.66. The van der Waals surface area contributed by atoms with Crippen molar-refractivity contribution in [2.75, 3.05) is 37.7 Å². The van der Waals surface area contributed by atoms with E-state index in [9.17, 15) is 9.59 Å². The topological polar surface area (TPSA) is 76.5 Å². The van der Waals surface area contributed by atoms with Crippen molar-refractivity contribution in [3.05, 3.63) is 52.3 Å². The zero-order valence-electron chi connectivity index (χ0n) is 18.0. The molecule has 1 saturated heterocycles. The average Bonchev–Trinajstić information content (AvgIpc) is 2.79. The van der Waals surface area contributed by atoms with Gasteiger partial charge in [0.25, 0.3) is 5.56 Å². The standard InChI is InChI=1S/C23H32N4O3/c1-3-18-8-10-20(11-9-18)27-22(28)13-12-21(25-27)26-15-5-7-19(17-26)23(29)24-14-6-16-30-4-2/h8-13,19H,3-7,14-17H2,1-2H3,(H,24,29). The van der Waals surface area contributed by atoms with Crippen LogP contribution in [0.25, 0.3) is 5.69 Å². The fraction of sp³-hybridized carbons (Fsp3) is 0.522. The first-order valence-electron chi connectivity index (χ1n) is 10.9. The van der Waals surface area contributed by atoms with Crippen molar-refractivity contribution >= 4 is 11.7 Å². The molecular formula is C23H32N4O3. The van der Waals surface area contributed by atoms with E-state index < -0.39 is 0 Å². The van der Waals surface area contributed by atoms with Crippen molar-refractivity contribution in [3.63, 3.8) is 0 Å². The van der Waals surface area contributed by atoms with Crippen LogP contribution in [-0.2, 0) is 16.0 Å². The fourth-order valence-electron chi connectivity index (χ4n) is 3.70. The minimum absolute atomic E-state index is 0.0724. The number of hydrogen-bond acceptors (Lipinski definition) is 5. The number of carbonyl (C=O) groups is 1. The van der Waals surface area contributed by atoms with Crippen LogP contribution in [0.15, 0.2) is 41.2 Å². The lowest BCUT2D eigenvalue weighted by Gasteiger charge is -2.33. The number of aromatic nitrogens is 2. The Morgan fingerprint density at radius 2 is 2.00 bits per heavy atom. The summed E-state index contributed by atoms with van der Waals surface area (Å²) in [6.07, 6.45) is 3.56. The van der Waals surface area contributed by atoms with Crippen LogP contribution in [0, 0.1) is 5.92 Å². The lowest BCUT2D eigenvalue weighted by atomic mass is 9.97. The maximum atomic E-state index is 12.6. The molecule has 0 aliphatic carbocycles. The summed E-state index contributed by atoms with van der Waals surface area (Å²) in [5, 5.41) is 7.61. The minimum atomic E-state index is -0.163. The number of amides is 1. The molecule has 1 amide bonds. The molecule has 1 fully saturated rings. The molecule has 7 heteroatoms. The molecule has 0 radical (unpaired) electrons. The highest BCUT2D eigenvalue weighted by molar-refractivity contribution is 5.79. The van der Waals surface area contributed by atoms with Gasteiger partial charge in [0.2, 0.25) is 5.91 Å². The van der Waals surface area contributed by atoms with Gasteiger partial charge < -0.3 is 15.0 Å². The molecule has 1 aromatic heterocycles. The van der Waals surface area contributed by atoms with Gasteiger partial charge >= 0.3 is 0 Å². The zero-order valence-corrected chi connectivity index (χ0v) is 18.0. The van der Waals surface area contributed by atoms with E-state index in [1.165, 1.54) is 10.2 Å². The molecule has 1 unspecified atom stereocenters. The third-order valence-electron chi connectivity index (χ3n) is 5.46. The molecule has 162 valence electrons. The lowest BCUT2D eigenvalue weighted by Crippen LogP contribution is -2.44. The number of anilines is 1. The van der Waals surface area contributed by atoms with Gasteiger partial charge in [-0.05, 0) is 56.4 Å². The summed E-state index contributed by atoms with van der Waals surface area (Å²) in [7, 11) is 0. The number of ether oxygens (including phenoxy) is 1. The largest absolute Gasteiger partial charge is 0.382 e. The quantitative estimate of drug-likeness (QED) is 0.641. The molecule has 1 atom stereocenters. The second-order valence-electron chi connectivity index (χ2n) is 7.59. The summed E-state index contributed by atoms with van der Waals surface area (Å²) in [6, 6.07) is 11.2. The Bertz CT molecular complexity index is 879. The van der Waals surface area contributed by atoms with Gasteiger partial charge in [-0.3, -0.25) is 9.59 Å². The fourth-order valence-corrected chi connectivity index (χ4v) is 3.70. The molecule has 3 rings (SSSR count). The SMILES string of the molecule is CCOCCCNC(=O)C1CCCN(c2ccc(=O)n(-c3ccc(CC)cc3)n2)C1. The highest BCUT2D eigenvalue weighted by Crippen LogP contribution is 2.21. The number of nitrogens with one attached hydrogen (secondary N) is 1. The average molecular weight is 413 g/mol. The molecule has 7 nitrogen and oxygen atoms in total. The first-order valence-corrected chi connectivity index (χ1v) is 10.9. The smallest absolute Gasteiger partial charge is 0.271 e. The van der Waals surface area contributed by atoms with Crippen LogP contribution in [0.5, 0.6) is 0 Å². The van der Waals surface area contributed by atoms with E-state index in [4.69, 9.17) is 4.74 Å². The van der Waals surface area contributed by atoms with Crippen LogP contribution in [0.4, 0.5) is 5.82 Å². The number of hydrogen-bond donors (Lipinski definition) is 1.